The highest BCUT2D eigenvalue weighted by atomic mass is 28.4. The maximum atomic E-state index is 11.0. The van der Waals surface area contributed by atoms with Gasteiger partial charge in [-0.1, -0.05) is 13.2 Å². The smallest absolute Gasteiger partial charge is 0.450 e. The normalized spacial score (nSPS) is 13.0. The lowest BCUT2D eigenvalue weighted by molar-refractivity contribution is -0.140. The summed E-state index contributed by atoms with van der Waals surface area (Å²) in [7, 11) is 1.25. The molecule has 0 heterocycles. The van der Waals surface area contributed by atoms with Crippen molar-refractivity contribution in [3.8, 4) is 0 Å². The quantitative estimate of drug-likeness (QED) is 0.280. The average Bonchev–Trinajstić information content (AvgIpc) is 2.29. The van der Waals surface area contributed by atoms with E-state index in [0.29, 0.717) is 0 Å². The Morgan fingerprint density at radius 2 is 1.67 bits per heavy atom. The molecule has 86 valence electrons. The number of hydrogen-bond acceptors (Lipinski definition) is 5. The zero-order chi connectivity index (χ0) is 11.9. The molecule has 0 saturated carbocycles. The molecule has 0 rings (SSSR count). The van der Waals surface area contributed by atoms with Crippen molar-refractivity contribution in [3.63, 3.8) is 0 Å². The van der Waals surface area contributed by atoms with Crippen molar-refractivity contribution in [2.45, 2.75) is 5.73 Å². The summed E-state index contributed by atoms with van der Waals surface area (Å²) < 4.78 is 20.4. The standard InChI is InChI=1S/C9H16O5Si/c1-6-8(10)14-9(7-2)15(11-3,12-4)13-5/h6-7,9H,1-2H2,3-5H3. The Bertz CT molecular complexity index is 228. The second kappa shape index (κ2) is 6.52. The van der Waals surface area contributed by atoms with Gasteiger partial charge >= 0.3 is 14.8 Å². The van der Waals surface area contributed by atoms with E-state index in [0.717, 1.165) is 6.08 Å². The van der Waals surface area contributed by atoms with Crippen molar-refractivity contribution < 1.29 is 22.8 Å². The van der Waals surface area contributed by atoms with Crippen LogP contribution in [0.2, 0.25) is 0 Å². The van der Waals surface area contributed by atoms with Crippen LogP contribution in [0.25, 0.3) is 0 Å². The molecular weight excluding hydrogens is 216 g/mol. The van der Waals surface area contributed by atoms with Gasteiger partial charge in [-0.3, -0.25) is 0 Å². The summed E-state index contributed by atoms with van der Waals surface area (Å²) in [6.07, 6.45) is 2.46. The zero-order valence-corrected chi connectivity index (χ0v) is 10.2. The van der Waals surface area contributed by atoms with Gasteiger partial charge in [0.05, 0.1) is 0 Å². The minimum Gasteiger partial charge on any atom is -0.450 e. The fourth-order valence-corrected chi connectivity index (χ4v) is 2.78. The predicted molar refractivity (Wildman–Crippen MR) is 57.1 cm³/mol. The summed E-state index contributed by atoms with van der Waals surface area (Å²) in [4.78, 5) is 11.0. The van der Waals surface area contributed by atoms with Gasteiger partial charge in [0.1, 0.15) is 0 Å². The molecule has 6 heteroatoms. The Morgan fingerprint density at radius 3 is 1.93 bits per heavy atom. The topological polar surface area (TPSA) is 54.0 Å². The van der Waals surface area contributed by atoms with Crippen LogP contribution < -0.4 is 0 Å². The van der Waals surface area contributed by atoms with Gasteiger partial charge in [0.25, 0.3) is 0 Å². The molecule has 0 amide bonds. The highest BCUT2D eigenvalue weighted by molar-refractivity contribution is 6.62. The first kappa shape index (κ1) is 14.0. The first-order valence-corrected chi connectivity index (χ1v) is 6.01. The first-order chi connectivity index (χ1) is 7.10. The lowest BCUT2D eigenvalue weighted by Gasteiger charge is -2.29. The molecule has 0 aliphatic rings. The number of hydrogen-bond donors (Lipinski definition) is 0. The molecular formula is C9H16O5Si. The van der Waals surface area contributed by atoms with Gasteiger partial charge in [-0.2, -0.15) is 0 Å². The molecule has 0 aromatic carbocycles. The third kappa shape index (κ3) is 3.28. The molecule has 15 heavy (non-hydrogen) atoms. The van der Waals surface area contributed by atoms with Gasteiger partial charge < -0.3 is 18.0 Å². The Labute approximate surface area is 90.6 Å². The summed E-state index contributed by atoms with van der Waals surface area (Å²) in [5.41, 5.74) is -0.747. The monoisotopic (exact) mass is 232 g/mol. The predicted octanol–water partition coefficient (Wildman–Crippen LogP) is 0.687. The van der Waals surface area contributed by atoms with E-state index in [2.05, 4.69) is 13.2 Å². The van der Waals surface area contributed by atoms with Crippen molar-refractivity contribution in [2.75, 3.05) is 21.3 Å². The van der Waals surface area contributed by atoms with Crippen molar-refractivity contribution >= 4 is 14.8 Å². The fraction of sp³-hybridized carbons (Fsp3) is 0.444. The Balaban J connectivity index is 4.80. The molecule has 0 aliphatic carbocycles. The third-order valence-electron chi connectivity index (χ3n) is 1.83. The van der Waals surface area contributed by atoms with Crippen molar-refractivity contribution in [3.05, 3.63) is 25.3 Å². The summed E-state index contributed by atoms with van der Waals surface area (Å²) in [6.45, 7) is 6.83. The van der Waals surface area contributed by atoms with Crippen molar-refractivity contribution in [1.29, 1.82) is 0 Å². The van der Waals surface area contributed by atoms with Gasteiger partial charge in [-0.15, -0.1) is 0 Å². The average molecular weight is 232 g/mol. The largest absolute Gasteiger partial charge is 0.547 e. The van der Waals surface area contributed by atoms with E-state index in [-0.39, 0.29) is 0 Å². The number of rotatable bonds is 7. The van der Waals surface area contributed by atoms with Crippen LogP contribution in [0.5, 0.6) is 0 Å². The number of esters is 1. The lowest BCUT2D eigenvalue weighted by Crippen LogP contribution is -2.55. The van der Waals surface area contributed by atoms with Crippen LogP contribution in [-0.2, 0) is 22.8 Å². The van der Waals surface area contributed by atoms with Crippen LogP contribution in [0.15, 0.2) is 25.3 Å². The van der Waals surface area contributed by atoms with Crippen LogP contribution >= 0.6 is 0 Å². The van der Waals surface area contributed by atoms with E-state index in [1.165, 1.54) is 27.4 Å². The highest BCUT2D eigenvalue weighted by Crippen LogP contribution is 2.16. The number of carbonyl (C=O) groups is 1. The molecule has 0 saturated heterocycles. The Hall–Kier alpha value is -0.953. The molecule has 1 unspecified atom stereocenters. The van der Waals surface area contributed by atoms with Crippen LogP contribution in [0.3, 0.4) is 0 Å². The maximum Gasteiger partial charge on any atom is 0.547 e. The minimum atomic E-state index is -3.03. The molecule has 0 aromatic heterocycles. The highest BCUT2D eigenvalue weighted by Gasteiger charge is 2.48. The molecule has 0 N–H and O–H groups in total. The molecule has 5 nitrogen and oxygen atoms in total. The van der Waals surface area contributed by atoms with Gasteiger partial charge in [-0.25, -0.2) is 4.79 Å². The molecule has 1 atom stereocenters. The first-order valence-electron chi connectivity index (χ1n) is 4.21. The molecule has 0 fully saturated rings. The van der Waals surface area contributed by atoms with Crippen LogP contribution in [-0.4, -0.2) is 41.8 Å². The SMILES string of the molecule is C=CC(=O)OC(C=C)[Si](OC)(OC)OC. The summed E-state index contributed by atoms with van der Waals surface area (Å²) >= 11 is 0. The Kier molecular flexibility index (Phi) is 6.10. The second-order valence-corrected chi connectivity index (χ2v) is 5.51. The van der Waals surface area contributed by atoms with Crippen molar-refractivity contribution in [2.24, 2.45) is 0 Å². The summed E-state index contributed by atoms with van der Waals surface area (Å²) in [6, 6.07) is 0. The van der Waals surface area contributed by atoms with Gasteiger partial charge in [0.15, 0.2) is 5.73 Å². The van der Waals surface area contributed by atoms with Crippen LogP contribution in [0.1, 0.15) is 0 Å². The lowest BCUT2D eigenvalue weighted by atomic mass is 10.6. The zero-order valence-electron chi connectivity index (χ0n) is 9.19. The summed E-state index contributed by atoms with van der Waals surface area (Å²) in [5, 5.41) is 0. The maximum absolute atomic E-state index is 11.0. The number of ether oxygens (including phenoxy) is 1. The van der Waals surface area contributed by atoms with Gasteiger partial charge in [-0.05, 0) is 6.08 Å². The minimum absolute atomic E-state index is 0.581. The molecule has 0 spiro atoms. The van der Waals surface area contributed by atoms with E-state index in [1.807, 2.05) is 0 Å². The molecule has 0 bridgehead atoms. The molecule has 0 aromatic rings. The third-order valence-corrected chi connectivity index (χ3v) is 4.58. The van der Waals surface area contributed by atoms with E-state index in [9.17, 15) is 4.79 Å². The van der Waals surface area contributed by atoms with E-state index < -0.39 is 20.5 Å². The van der Waals surface area contributed by atoms with E-state index in [1.54, 1.807) is 0 Å². The van der Waals surface area contributed by atoms with E-state index in [4.69, 9.17) is 18.0 Å². The Morgan fingerprint density at radius 1 is 1.20 bits per heavy atom. The van der Waals surface area contributed by atoms with Gasteiger partial charge in [0, 0.05) is 27.4 Å². The van der Waals surface area contributed by atoms with E-state index >= 15 is 0 Å². The summed E-state index contributed by atoms with van der Waals surface area (Å²) in [5.74, 6) is -0.581. The van der Waals surface area contributed by atoms with Crippen molar-refractivity contribution in [1.82, 2.24) is 0 Å². The van der Waals surface area contributed by atoms with Gasteiger partial charge in [0.2, 0.25) is 0 Å². The second-order valence-electron chi connectivity index (χ2n) is 2.51. The fourth-order valence-electron chi connectivity index (χ4n) is 1.04. The number of carbonyl (C=O) groups excluding carboxylic acids is 1. The molecule has 0 radical (unpaired) electrons. The van der Waals surface area contributed by atoms with Crippen LogP contribution in [0, 0.1) is 0 Å². The molecule has 0 aliphatic heterocycles. The van der Waals surface area contributed by atoms with Crippen LogP contribution in [0.4, 0.5) is 0 Å².